The summed E-state index contributed by atoms with van der Waals surface area (Å²) < 4.78 is 0. The maximum absolute atomic E-state index is 9.22. The van der Waals surface area contributed by atoms with Crippen molar-refractivity contribution in [2.75, 3.05) is 0 Å². The quantitative estimate of drug-likeness (QED) is 0.372. The second-order valence-electron chi connectivity index (χ2n) is 3.47. The van der Waals surface area contributed by atoms with E-state index < -0.39 is 0 Å². The molecule has 0 aliphatic carbocycles. The second kappa shape index (κ2) is 5.34. The van der Waals surface area contributed by atoms with Crippen molar-refractivity contribution < 1.29 is 10.2 Å². The molecule has 3 N–H and O–H groups in total. The van der Waals surface area contributed by atoms with Crippen LogP contribution in [0.15, 0.2) is 27.7 Å². The summed E-state index contributed by atoms with van der Waals surface area (Å²) in [5, 5.41) is 26.0. The Kier molecular flexibility index (Phi) is 4.78. The Morgan fingerprint density at radius 2 is 1.27 bits per heavy atom. The van der Waals surface area contributed by atoms with E-state index in [0.29, 0.717) is 16.9 Å². The molecule has 4 nitrogen and oxygen atoms in total. The fraction of sp³-hybridized carbons (Fsp3) is 0.455. The Labute approximate surface area is 90.2 Å². The van der Waals surface area contributed by atoms with E-state index in [-0.39, 0.29) is 17.4 Å². The molecule has 84 valence electrons. The smallest absolute Gasteiger partial charge is 0.151 e. The molecule has 0 aliphatic rings. The van der Waals surface area contributed by atoms with Gasteiger partial charge in [0, 0.05) is 16.9 Å². The van der Waals surface area contributed by atoms with E-state index in [1.165, 1.54) is 6.92 Å². The van der Waals surface area contributed by atoms with E-state index in [0.717, 1.165) is 0 Å². The van der Waals surface area contributed by atoms with Gasteiger partial charge in [-0.25, -0.2) is 4.99 Å². The minimum atomic E-state index is 0.00750. The number of rotatable bonds is 2. The van der Waals surface area contributed by atoms with Crippen molar-refractivity contribution in [3.8, 4) is 0 Å². The van der Waals surface area contributed by atoms with Gasteiger partial charge in [0.1, 0.15) is 0 Å². The third kappa shape index (κ3) is 3.97. The number of hydrogen-bond acceptors (Lipinski definition) is 3. The molecule has 0 fully saturated rings. The normalized spacial score (nSPS) is 15.7. The number of aliphatic hydroxyl groups is 2. The molecule has 0 saturated heterocycles. The molecule has 4 heteroatoms. The summed E-state index contributed by atoms with van der Waals surface area (Å²) in [5.41, 5.74) is 1.64. The van der Waals surface area contributed by atoms with Crippen molar-refractivity contribution in [3.05, 3.63) is 22.7 Å². The molecule has 0 spiro atoms. The van der Waals surface area contributed by atoms with E-state index in [1.807, 2.05) is 0 Å². The third-order valence-electron chi connectivity index (χ3n) is 2.26. The molecule has 0 bridgehead atoms. The molecular formula is C11H18N2O2. The molecule has 0 aliphatic heterocycles. The third-order valence-corrected chi connectivity index (χ3v) is 2.26. The summed E-state index contributed by atoms with van der Waals surface area (Å²) in [4.78, 5) is 3.98. The number of aliphatic hydroxyl groups excluding tert-OH is 2. The average Bonchev–Trinajstić information content (AvgIpc) is 2.14. The van der Waals surface area contributed by atoms with Crippen LogP contribution >= 0.6 is 0 Å². The minimum absolute atomic E-state index is 0.00750. The SMILES string of the molecule is CC(=N/C(=N)/C(C)=C(/C)O)/C(C)=C(/C)O. The molecular weight excluding hydrogens is 192 g/mol. The Morgan fingerprint density at radius 1 is 0.867 bits per heavy atom. The van der Waals surface area contributed by atoms with E-state index in [1.54, 1.807) is 27.7 Å². The van der Waals surface area contributed by atoms with E-state index in [2.05, 4.69) is 4.99 Å². The highest BCUT2D eigenvalue weighted by Gasteiger charge is 2.04. The number of nitrogens with one attached hydrogen (secondary N) is 1. The predicted octanol–water partition coefficient (Wildman–Crippen LogP) is 3.13. The lowest BCUT2D eigenvalue weighted by atomic mass is 10.1. The standard InChI is InChI=1S/C11H18N2O2/c1-6(9(4)14)8(3)13-11(12)7(2)10(5)15/h12,14-15H,1-5H3/b9-6-,10-7-,12-11?,13-8-. The van der Waals surface area contributed by atoms with Gasteiger partial charge in [0.25, 0.3) is 0 Å². The van der Waals surface area contributed by atoms with Gasteiger partial charge in [0.05, 0.1) is 11.5 Å². The van der Waals surface area contributed by atoms with Crippen molar-refractivity contribution >= 4 is 11.5 Å². The van der Waals surface area contributed by atoms with Gasteiger partial charge in [-0.05, 0) is 34.6 Å². The zero-order chi connectivity index (χ0) is 12.2. The Hall–Kier alpha value is -1.58. The topological polar surface area (TPSA) is 76.7 Å². The maximum atomic E-state index is 9.22. The Bertz CT molecular complexity index is 355. The lowest BCUT2D eigenvalue weighted by Gasteiger charge is -2.04. The fourth-order valence-electron chi connectivity index (χ4n) is 0.769. The molecule has 0 radical (unpaired) electrons. The average molecular weight is 210 g/mol. The highest BCUT2D eigenvalue weighted by Crippen LogP contribution is 2.07. The summed E-state index contributed by atoms with van der Waals surface area (Å²) >= 11 is 0. The first kappa shape index (κ1) is 13.4. The number of nitrogens with zero attached hydrogens (tertiary/aromatic N) is 1. The van der Waals surface area contributed by atoms with Crippen molar-refractivity contribution in [1.82, 2.24) is 0 Å². The zero-order valence-electron chi connectivity index (χ0n) is 9.84. The highest BCUT2D eigenvalue weighted by molar-refractivity contribution is 6.09. The first-order chi connectivity index (χ1) is 6.77. The number of aliphatic imine (C=N–C) groups is 1. The van der Waals surface area contributed by atoms with Crippen LogP contribution in [0.5, 0.6) is 0 Å². The highest BCUT2D eigenvalue weighted by atomic mass is 16.3. The lowest BCUT2D eigenvalue weighted by Crippen LogP contribution is -2.04. The van der Waals surface area contributed by atoms with Gasteiger partial charge in [0.15, 0.2) is 5.84 Å². The van der Waals surface area contributed by atoms with Gasteiger partial charge < -0.3 is 10.2 Å². The van der Waals surface area contributed by atoms with Crippen LogP contribution in [-0.2, 0) is 0 Å². The van der Waals surface area contributed by atoms with Gasteiger partial charge in [-0.1, -0.05) is 0 Å². The monoisotopic (exact) mass is 210 g/mol. The van der Waals surface area contributed by atoms with Crippen LogP contribution in [0.3, 0.4) is 0 Å². The number of hydrogen-bond donors (Lipinski definition) is 3. The molecule has 0 saturated carbocycles. The first-order valence-corrected chi connectivity index (χ1v) is 4.64. The summed E-state index contributed by atoms with van der Waals surface area (Å²) in [6.07, 6.45) is 0. The van der Waals surface area contributed by atoms with Crippen LogP contribution < -0.4 is 0 Å². The van der Waals surface area contributed by atoms with E-state index in [4.69, 9.17) is 10.5 Å². The van der Waals surface area contributed by atoms with Gasteiger partial charge >= 0.3 is 0 Å². The van der Waals surface area contributed by atoms with Gasteiger partial charge in [-0.15, -0.1) is 0 Å². The van der Waals surface area contributed by atoms with Crippen molar-refractivity contribution in [3.63, 3.8) is 0 Å². The molecule has 0 aromatic heterocycles. The largest absolute Gasteiger partial charge is 0.512 e. The van der Waals surface area contributed by atoms with Gasteiger partial charge in [-0.3, -0.25) is 5.41 Å². The second-order valence-corrected chi connectivity index (χ2v) is 3.47. The summed E-state index contributed by atoms with van der Waals surface area (Å²) in [6.45, 7) is 8.14. The minimum Gasteiger partial charge on any atom is -0.512 e. The van der Waals surface area contributed by atoms with Crippen LogP contribution in [0.2, 0.25) is 0 Å². The summed E-state index contributed by atoms with van der Waals surface area (Å²) in [5.74, 6) is 0.276. The van der Waals surface area contributed by atoms with Crippen LogP contribution in [-0.4, -0.2) is 21.8 Å². The maximum Gasteiger partial charge on any atom is 0.151 e. The fourth-order valence-corrected chi connectivity index (χ4v) is 0.769. The van der Waals surface area contributed by atoms with Crippen molar-refractivity contribution in [1.29, 1.82) is 5.41 Å². The van der Waals surface area contributed by atoms with Crippen LogP contribution in [0.25, 0.3) is 0 Å². The molecule has 0 aromatic carbocycles. The van der Waals surface area contributed by atoms with Gasteiger partial charge in [-0.2, -0.15) is 0 Å². The molecule has 0 unspecified atom stereocenters. The van der Waals surface area contributed by atoms with Crippen molar-refractivity contribution in [2.45, 2.75) is 34.6 Å². The predicted molar refractivity (Wildman–Crippen MR) is 62.8 cm³/mol. The van der Waals surface area contributed by atoms with E-state index in [9.17, 15) is 5.11 Å². The molecule has 0 rings (SSSR count). The lowest BCUT2D eigenvalue weighted by molar-refractivity contribution is 0.410. The molecule has 0 aromatic rings. The summed E-state index contributed by atoms with van der Waals surface area (Å²) in [6, 6.07) is 0. The molecule has 0 amide bonds. The zero-order valence-corrected chi connectivity index (χ0v) is 9.84. The van der Waals surface area contributed by atoms with E-state index >= 15 is 0 Å². The van der Waals surface area contributed by atoms with Crippen LogP contribution in [0.4, 0.5) is 0 Å². The molecule has 0 heterocycles. The van der Waals surface area contributed by atoms with Crippen LogP contribution in [0, 0.1) is 5.41 Å². The van der Waals surface area contributed by atoms with Crippen molar-refractivity contribution in [2.24, 2.45) is 4.99 Å². The van der Waals surface area contributed by atoms with Gasteiger partial charge in [0.2, 0.25) is 0 Å². The number of allylic oxidation sites excluding steroid dienone is 3. The van der Waals surface area contributed by atoms with Crippen LogP contribution in [0.1, 0.15) is 34.6 Å². The molecule has 0 atom stereocenters. The Morgan fingerprint density at radius 3 is 1.60 bits per heavy atom. The summed E-state index contributed by atoms with van der Waals surface area (Å²) in [7, 11) is 0. The molecule has 15 heavy (non-hydrogen) atoms. The first-order valence-electron chi connectivity index (χ1n) is 4.64. The Balaban J connectivity index is 5.04. The number of amidine groups is 1.